The van der Waals surface area contributed by atoms with E-state index in [1.165, 1.54) is 156 Å². The Labute approximate surface area is 460 Å². The summed E-state index contributed by atoms with van der Waals surface area (Å²) in [6, 6.07) is 75.4. The van der Waals surface area contributed by atoms with E-state index in [-0.39, 0.29) is 26.9 Å². The first-order chi connectivity index (χ1) is 38.2. The molecule has 0 fully saturated rings. The second-order valence-corrected chi connectivity index (χ2v) is 24.0. The normalized spacial score (nSPS) is 14.7. The van der Waals surface area contributed by atoms with Gasteiger partial charge in [-0.2, -0.15) is 0 Å². The standard InChI is InChI=1S/C70H56B4N4/c1-40(2)44-37-46(41(3)4)62(47(38-44)42(5)6)73-48-25-11-17-31-56(48)75(45-23-9-8-10-24-45)66-43(7)67-55(39-54(66)73)74-52-29-15-21-35-60(52)77-58-33-19-13-27-50(58)71-49-26-12-18-32-57(49)76-59-34-20-14-28-51(59)72-53-30-16-22-36-61(53)78(67)70-64(72)68(76)63(71)69(77)65(70)74/h8-42H,1-7H3. The lowest BCUT2D eigenvalue weighted by atomic mass is 9.24. The lowest BCUT2D eigenvalue weighted by Crippen LogP contribution is -2.75. The maximum Gasteiger partial charge on any atom is 0.252 e. The minimum absolute atomic E-state index is 0.0215. The van der Waals surface area contributed by atoms with Crippen molar-refractivity contribution in [2.75, 3.05) is 19.6 Å². The molecular weight excluding hydrogens is 940 g/mol. The van der Waals surface area contributed by atoms with Crippen molar-refractivity contribution in [3.63, 3.8) is 0 Å². The molecule has 0 saturated heterocycles. The minimum Gasteiger partial charge on any atom is -0.312 e. The average Bonchev–Trinajstić information content (AvgIpc) is 2.45. The summed E-state index contributed by atoms with van der Waals surface area (Å²) >= 11 is 0. The van der Waals surface area contributed by atoms with Gasteiger partial charge in [0.1, 0.15) is 0 Å². The Morgan fingerprint density at radius 2 is 0.590 bits per heavy atom. The van der Waals surface area contributed by atoms with Gasteiger partial charge in [-0.15, -0.1) is 0 Å². The number of nitrogens with zero attached hydrogens (tertiary/aromatic N) is 4. The van der Waals surface area contributed by atoms with E-state index in [0.29, 0.717) is 17.8 Å². The van der Waals surface area contributed by atoms with Gasteiger partial charge in [-0.05, 0) is 156 Å². The summed E-state index contributed by atoms with van der Waals surface area (Å²) in [5.74, 6) is 1.06. The summed E-state index contributed by atoms with van der Waals surface area (Å²) in [5, 5.41) is 0. The molecule has 0 radical (unpaired) electrons. The predicted octanol–water partition coefficient (Wildman–Crippen LogP) is 9.50. The van der Waals surface area contributed by atoms with Crippen LogP contribution >= 0.6 is 0 Å². The van der Waals surface area contributed by atoms with Crippen LogP contribution in [0.4, 0.5) is 68.2 Å². The molecule has 78 heavy (non-hydrogen) atoms. The molecule has 0 aromatic heterocycles. The molecule has 368 valence electrons. The highest BCUT2D eigenvalue weighted by Gasteiger charge is 2.58. The van der Waals surface area contributed by atoms with Gasteiger partial charge in [-0.3, -0.25) is 0 Å². The predicted molar refractivity (Wildman–Crippen MR) is 337 cm³/mol. The summed E-state index contributed by atoms with van der Waals surface area (Å²) in [6.07, 6.45) is 0. The molecule has 8 heteroatoms. The van der Waals surface area contributed by atoms with Gasteiger partial charge in [0.2, 0.25) is 6.71 Å². The van der Waals surface area contributed by atoms with Crippen molar-refractivity contribution in [2.45, 2.75) is 66.2 Å². The third kappa shape index (κ3) is 5.51. The molecule has 0 aliphatic carbocycles. The fourth-order valence-electron chi connectivity index (χ4n) is 16.1. The van der Waals surface area contributed by atoms with Crippen LogP contribution in [0.5, 0.6) is 0 Å². The molecule has 7 heterocycles. The van der Waals surface area contributed by atoms with E-state index in [1.54, 1.807) is 0 Å². The van der Waals surface area contributed by atoms with Gasteiger partial charge < -0.3 is 19.6 Å². The first-order valence-corrected chi connectivity index (χ1v) is 28.6. The average molecular weight is 996 g/mol. The summed E-state index contributed by atoms with van der Waals surface area (Å²) in [6.45, 7) is 16.9. The van der Waals surface area contributed by atoms with Crippen LogP contribution in [0.3, 0.4) is 0 Å². The fraction of sp³-hybridized carbons (Fsp3) is 0.143. The Bertz CT molecular complexity index is 4250. The smallest absolute Gasteiger partial charge is 0.252 e. The molecule has 0 atom stereocenters. The zero-order chi connectivity index (χ0) is 52.1. The number of hydrogen-bond acceptors (Lipinski definition) is 4. The van der Waals surface area contributed by atoms with Gasteiger partial charge in [0.15, 0.2) is 0 Å². The molecule has 10 aromatic carbocycles. The lowest BCUT2D eigenvalue weighted by Gasteiger charge is -2.56. The van der Waals surface area contributed by atoms with Crippen LogP contribution in [-0.2, 0) is 0 Å². The lowest BCUT2D eigenvalue weighted by molar-refractivity contribution is 0.812. The Morgan fingerprint density at radius 1 is 0.282 bits per heavy atom. The summed E-state index contributed by atoms with van der Waals surface area (Å²) in [4.78, 5) is 10.8. The van der Waals surface area contributed by atoms with Crippen LogP contribution in [0, 0.1) is 6.92 Å². The highest BCUT2D eigenvalue weighted by Crippen LogP contribution is 2.53. The molecule has 0 bridgehead atoms. The van der Waals surface area contributed by atoms with Crippen LogP contribution < -0.4 is 85.2 Å². The molecule has 7 aliphatic rings. The van der Waals surface area contributed by atoms with Crippen LogP contribution in [-0.4, -0.2) is 26.9 Å². The summed E-state index contributed by atoms with van der Waals surface area (Å²) in [7, 11) is 0. The molecule has 0 amide bonds. The largest absolute Gasteiger partial charge is 0.312 e. The summed E-state index contributed by atoms with van der Waals surface area (Å²) in [5.41, 5.74) is 37.9. The molecule has 10 aromatic rings. The van der Waals surface area contributed by atoms with Gasteiger partial charge in [0.05, 0.1) is 0 Å². The molecule has 0 spiro atoms. The molecule has 0 N–H and O–H groups in total. The number of para-hydroxylation sites is 7. The van der Waals surface area contributed by atoms with Crippen LogP contribution in [0.25, 0.3) is 0 Å². The first-order valence-electron chi connectivity index (χ1n) is 28.6. The molecule has 7 aliphatic heterocycles. The van der Waals surface area contributed by atoms with E-state index >= 15 is 0 Å². The van der Waals surface area contributed by atoms with Crippen molar-refractivity contribution >= 4 is 161 Å². The van der Waals surface area contributed by atoms with Gasteiger partial charge in [-0.25, -0.2) is 0 Å². The second-order valence-electron chi connectivity index (χ2n) is 24.0. The van der Waals surface area contributed by atoms with Crippen LogP contribution in [0.15, 0.2) is 194 Å². The van der Waals surface area contributed by atoms with Gasteiger partial charge in [0, 0.05) is 68.2 Å². The molecular formula is C70H56B4N4. The third-order valence-electron chi connectivity index (χ3n) is 19.1. The number of rotatable bonds is 5. The molecule has 0 unspecified atom stereocenters. The number of hydrogen-bond donors (Lipinski definition) is 0. The molecule has 17 rings (SSSR count). The monoisotopic (exact) mass is 996 g/mol. The Morgan fingerprint density at radius 3 is 0.974 bits per heavy atom. The highest BCUT2D eigenvalue weighted by atomic mass is 15.2. The Kier molecular flexibility index (Phi) is 9.12. The van der Waals surface area contributed by atoms with Crippen molar-refractivity contribution in [1.82, 2.24) is 0 Å². The zero-order valence-electron chi connectivity index (χ0n) is 45.3. The van der Waals surface area contributed by atoms with E-state index in [9.17, 15) is 0 Å². The van der Waals surface area contributed by atoms with Crippen LogP contribution in [0.1, 0.15) is 81.5 Å². The molecule has 0 saturated carbocycles. The van der Waals surface area contributed by atoms with E-state index in [0.717, 1.165) is 0 Å². The highest BCUT2D eigenvalue weighted by molar-refractivity contribution is 7.09. The van der Waals surface area contributed by atoms with E-state index in [2.05, 4.69) is 262 Å². The van der Waals surface area contributed by atoms with E-state index < -0.39 is 0 Å². The topological polar surface area (TPSA) is 13.0 Å². The van der Waals surface area contributed by atoms with Crippen LogP contribution in [0.2, 0.25) is 0 Å². The van der Waals surface area contributed by atoms with Gasteiger partial charge >= 0.3 is 0 Å². The number of anilines is 12. The fourth-order valence-corrected chi connectivity index (χ4v) is 16.1. The molecule has 4 nitrogen and oxygen atoms in total. The number of benzene rings is 10. The Hall–Kier alpha value is -8.34. The minimum atomic E-state index is -0.0562. The zero-order valence-corrected chi connectivity index (χ0v) is 45.3. The third-order valence-corrected chi connectivity index (χ3v) is 19.1. The van der Waals surface area contributed by atoms with Gasteiger partial charge in [-0.1, -0.05) is 193 Å². The van der Waals surface area contributed by atoms with Crippen molar-refractivity contribution < 1.29 is 0 Å². The van der Waals surface area contributed by atoms with E-state index in [4.69, 9.17) is 0 Å². The van der Waals surface area contributed by atoms with E-state index in [1.807, 2.05) is 0 Å². The Balaban J connectivity index is 1.07. The SMILES string of the molecule is Cc1c2c(cc3c1N1c4ccccc4B4c5ccccc5N5c6ccccc6B6c7ccccc7N7c8ccccc8B3c3c7c6c5c4c31)B(c1c(C(C)C)cc(C(C)C)cc1C(C)C)c1ccccc1N2c1ccccc1. The van der Waals surface area contributed by atoms with Crippen molar-refractivity contribution in [3.8, 4) is 0 Å². The quantitative estimate of drug-likeness (QED) is 0.160. The summed E-state index contributed by atoms with van der Waals surface area (Å²) < 4.78 is 0. The van der Waals surface area contributed by atoms with Crippen molar-refractivity contribution in [2.24, 2.45) is 0 Å². The van der Waals surface area contributed by atoms with Crippen molar-refractivity contribution in [3.05, 3.63) is 216 Å². The second kappa shape index (κ2) is 15.9. The van der Waals surface area contributed by atoms with Crippen molar-refractivity contribution in [1.29, 1.82) is 0 Å². The first kappa shape index (κ1) is 44.8. The van der Waals surface area contributed by atoms with Gasteiger partial charge in [0.25, 0.3) is 20.1 Å². The number of fused-ring (bicyclic) bond motifs is 20. The maximum atomic E-state index is 2.79. The maximum absolute atomic E-state index is 2.79.